The van der Waals surface area contributed by atoms with E-state index in [0.717, 1.165) is 38.2 Å². The molecule has 4 heteroatoms. The molecule has 1 atom stereocenters. The van der Waals surface area contributed by atoms with Crippen LogP contribution in [0.2, 0.25) is 0 Å². The molecular formula is C14H22O4. The van der Waals surface area contributed by atoms with Crippen LogP contribution in [-0.2, 0) is 14.3 Å². The fourth-order valence-corrected chi connectivity index (χ4v) is 1.44. The van der Waals surface area contributed by atoms with Crippen molar-refractivity contribution in [2.75, 3.05) is 0 Å². The molecule has 0 spiro atoms. The molecule has 0 aliphatic rings. The summed E-state index contributed by atoms with van der Waals surface area (Å²) in [6.45, 7) is 4.11. The number of rotatable bonds is 9. The van der Waals surface area contributed by atoms with Crippen molar-refractivity contribution in [2.45, 2.75) is 52.1 Å². The molecule has 0 aromatic heterocycles. The van der Waals surface area contributed by atoms with Crippen LogP contribution in [0.4, 0.5) is 0 Å². The zero-order valence-corrected chi connectivity index (χ0v) is 11.1. The van der Waals surface area contributed by atoms with Gasteiger partial charge >= 0.3 is 11.9 Å². The highest BCUT2D eigenvalue weighted by Gasteiger charge is 2.09. The summed E-state index contributed by atoms with van der Waals surface area (Å²) in [6, 6.07) is 0. The third-order valence-electron chi connectivity index (χ3n) is 2.45. The fourth-order valence-electron chi connectivity index (χ4n) is 1.44. The summed E-state index contributed by atoms with van der Waals surface area (Å²) in [5.41, 5.74) is 0. The lowest BCUT2D eigenvalue weighted by molar-refractivity contribution is -0.143. The van der Waals surface area contributed by atoms with Gasteiger partial charge in [-0.3, -0.25) is 0 Å². The Morgan fingerprint density at radius 3 is 2.39 bits per heavy atom. The zero-order valence-electron chi connectivity index (χ0n) is 11.1. The molecule has 0 aliphatic carbocycles. The highest BCUT2D eigenvalue weighted by atomic mass is 16.5. The fraction of sp³-hybridized carbons (Fsp3) is 0.571. The topological polar surface area (TPSA) is 63.6 Å². The van der Waals surface area contributed by atoms with Crippen LogP contribution in [0.3, 0.4) is 0 Å². The lowest BCUT2D eigenvalue weighted by atomic mass is 10.1. The van der Waals surface area contributed by atoms with E-state index in [0.29, 0.717) is 0 Å². The van der Waals surface area contributed by atoms with E-state index >= 15 is 0 Å². The Hall–Kier alpha value is -1.58. The number of allylic oxidation sites excluding steroid dienone is 2. The predicted octanol–water partition coefficient (Wildman–Crippen LogP) is 3.09. The second-order valence-corrected chi connectivity index (χ2v) is 4.02. The van der Waals surface area contributed by atoms with Crippen LogP contribution in [0.5, 0.6) is 0 Å². The van der Waals surface area contributed by atoms with E-state index in [1.165, 1.54) is 18.2 Å². The van der Waals surface area contributed by atoms with Crippen molar-refractivity contribution >= 4 is 11.9 Å². The van der Waals surface area contributed by atoms with E-state index in [4.69, 9.17) is 9.84 Å². The molecule has 0 heterocycles. The van der Waals surface area contributed by atoms with Crippen molar-refractivity contribution in [2.24, 2.45) is 0 Å². The molecule has 4 nitrogen and oxygen atoms in total. The lowest BCUT2D eigenvalue weighted by Gasteiger charge is -2.14. The first-order valence-corrected chi connectivity index (χ1v) is 6.38. The molecule has 102 valence electrons. The van der Waals surface area contributed by atoms with Gasteiger partial charge in [0.25, 0.3) is 0 Å². The monoisotopic (exact) mass is 254 g/mol. The van der Waals surface area contributed by atoms with Gasteiger partial charge in [0.1, 0.15) is 6.10 Å². The van der Waals surface area contributed by atoms with Gasteiger partial charge in [-0.15, -0.1) is 0 Å². The van der Waals surface area contributed by atoms with Gasteiger partial charge in [-0.05, 0) is 19.3 Å². The quantitative estimate of drug-likeness (QED) is 0.297. The van der Waals surface area contributed by atoms with Crippen molar-refractivity contribution in [3.63, 3.8) is 0 Å². The first-order valence-electron chi connectivity index (χ1n) is 6.38. The molecule has 0 saturated heterocycles. The van der Waals surface area contributed by atoms with Crippen molar-refractivity contribution in [3.05, 3.63) is 24.3 Å². The second kappa shape index (κ2) is 10.6. The average Bonchev–Trinajstić information content (AvgIpc) is 2.33. The first-order chi connectivity index (χ1) is 8.60. The number of aliphatic carboxylic acids is 1. The molecule has 0 rings (SSSR count). The lowest BCUT2D eigenvalue weighted by Crippen LogP contribution is -2.15. The summed E-state index contributed by atoms with van der Waals surface area (Å²) in [5, 5.41) is 8.35. The number of carboxylic acids is 1. The summed E-state index contributed by atoms with van der Waals surface area (Å²) in [5.74, 6) is -1.47. The number of carboxylic acid groups (broad SMARTS) is 1. The van der Waals surface area contributed by atoms with Crippen LogP contribution >= 0.6 is 0 Å². The third kappa shape index (κ3) is 9.63. The normalized spacial score (nSPS) is 13.0. The van der Waals surface area contributed by atoms with Gasteiger partial charge in [0.05, 0.1) is 0 Å². The Labute approximate surface area is 108 Å². The molecule has 18 heavy (non-hydrogen) atoms. The summed E-state index contributed by atoms with van der Waals surface area (Å²) in [6.07, 6.45) is 9.85. The number of unbranched alkanes of at least 4 members (excludes halogenated alkanes) is 2. The largest absolute Gasteiger partial charge is 0.478 e. The minimum Gasteiger partial charge on any atom is -0.478 e. The first kappa shape index (κ1) is 16.4. The molecule has 1 N–H and O–H groups in total. The summed E-state index contributed by atoms with van der Waals surface area (Å²) < 4.78 is 5.25. The Balaban J connectivity index is 3.99. The number of esters is 1. The van der Waals surface area contributed by atoms with E-state index in [1.54, 1.807) is 0 Å². The van der Waals surface area contributed by atoms with Crippen molar-refractivity contribution < 1.29 is 19.4 Å². The minimum atomic E-state index is -1.04. The van der Waals surface area contributed by atoms with Gasteiger partial charge in [-0.1, -0.05) is 38.8 Å². The van der Waals surface area contributed by atoms with Crippen LogP contribution in [0.25, 0.3) is 0 Å². The molecule has 0 saturated carbocycles. The number of carbonyl (C=O) groups excluding carboxylic acids is 1. The molecule has 0 bridgehead atoms. The van der Waals surface area contributed by atoms with Gasteiger partial charge in [0.2, 0.25) is 0 Å². The Morgan fingerprint density at radius 2 is 1.83 bits per heavy atom. The smallest absolute Gasteiger partial charge is 0.331 e. The van der Waals surface area contributed by atoms with Crippen molar-refractivity contribution in [1.29, 1.82) is 0 Å². The Morgan fingerprint density at radius 1 is 1.17 bits per heavy atom. The molecule has 1 unspecified atom stereocenters. The van der Waals surface area contributed by atoms with Crippen LogP contribution in [0.15, 0.2) is 24.3 Å². The second-order valence-electron chi connectivity index (χ2n) is 4.02. The average molecular weight is 254 g/mol. The summed E-state index contributed by atoms with van der Waals surface area (Å²) in [4.78, 5) is 21.6. The van der Waals surface area contributed by atoms with Gasteiger partial charge in [-0.2, -0.15) is 0 Å². The maximum absolute atomic E-state index is 11.4. The maximum Gasteiger partial charge on any atom is 0.331 e. The predicted molar refractivity (Wildman–Crippen MR) is 70.2 cm³/mol. The van der Waals surface area contributed by atoms with E-state index < -0.39 is 11.9 Å². The van der Waals surface area contributed by atoms with E-state index in [1.807, 2.05) is 6.92 Å². The standard InChI is InChI=1S/C14H22O4/c1-3-5-6-9-12(4-2)18-14(17)11-8-7-10-13(15)16/h7-8,10-12H,3-6,9H2,1-2H3,(H,15,16)/b10-7+,11-8+. The number of hydrogen-bond donors (Lipinski definition) is 1. The van der Waals surface area contributed by atoms with Crippen LogP contribution in [-0.4, -0.2) is 23.1 Å². The van der Waals surface area contributed by atoms with Crippen LogP contribution in [0.1, 0.15) is 46.0 Å². The van der Waals surface area contributed by atoms with Gasteiger partial charge in [-0.25, -0.2) is 9.59 Å². The number of carbonyl (C=O) groups is 2. The number of ether oxygens (including phenoxy) is 1. The van der Waals surface area contributed by atoms with Crippen LogP contribution in [0, 0.1) is 0 Å². The SMILES string of the molecule is CCCCCC(CC)OC(=O)/C=C/C=C/C(=O)O. The summed E-state index contributed by atoms with van der Waals surface area (Å²) in [7, 11) is 0. The summed E-state index contributed by atoms with van der Waals surface area (Å²) >= 11 is 0. The highest BCUT2D eigenvalue weighted by molar-refractivity contribution is 5.83. The van der Waals surface area contributed by atoms with E-state index in [-0.39, 0.29) is 6.10 Å². The molecule has 0 aliphatic heterocycles. The maximum atomic E-state index is 11.4. The molecule has 0 aromatic carbocycles. The Kier molecular flexibility index (Phi) is 9.64. The minimum absolute atomic E-state index is 0.0443. The third-order valence-corrected chi connectivity index (χ3v) is 2.45. The van der Waals surface area contributed by atoms with Crippen molar-refractivity contribution in [1.82, 2.24) is 0 Å². The van der Waals surface area contributed by atoms with Gasteiger partial charge in [0, 0.05) is 12.2 Å². The molecule has 0 fully saturated rings. The van der Waals surface area contributed by atoms with E-state index in [9.17, 15) is 9.59 Å². The van der Waals surface area contributed by atoms with Gasteiger partial charge < -0.3 is 9.84 Å². The molecule has 0 radical (unpaired) electrons. The number of hydrogen-bond acceptors (Lipinski definition) is 3. The van der Waals surface area contributed by atoms with E-state index in [2.05, 4.69) is 6.92 Å². The molecule has 0 aromatic rings. The van der Waals surface area contributed by atoms with Gasteiger partial charge in [0.15, 0.2) is 0 Å². The Bertz CT molecular complexity index is 305. The highest BCUT2D eigenvalue weighted by Crippen LogP contribution is 2.10. The molecular weight excluding hydrogens is 232 g/mol. The van der Waals surface area contributed by atoms with Crippen LogP contribution < -0.4 is 0 Å². The zero-order chi connectivity index (χ0) is 13.8. The molecule has 0 amide bonds. The van der Waals surface area contributed by atoms with Crippen molar-refractivity contribution in [3.8, 4) is 0 Å².